The summed E-state index contributed by atoms with van der Waals surface area (Å²) in [7, 11) is 0. The molecule has 0 spiro atoms. The van der Waals surface area contributed by atoms with Gasteiger partial charge in [-0.25, -0.2) is 9.97 Å². The summed E-state index contributed by atoms with van der Waals surface area (Å²) in [4.78, 5) is 9.24. The third kappa shape index (κ3) is 1.66. The van der Waals surface area contributed by atoms with Crippen LogP contribution in [0.3, 0.4) is 0 Å². The van der Waals surface area contributed by atoms with Gasteiger partial charge in [0.2, 0.25) is 0 Å². The molecule has 0 radical (unpaired) electrons. The summed E-state index contributed by atoms with van der Waals surface area (Å²) < 4.78 is 0. The van der Waals surface area contributed by atoms with Gasteiger partial charge in [0.25, 0.3) is 0 Å². The molecule has 0 fully saturated rings. The van der Waals surface area contributed by atoms with Crippen molar-refractivity contribution in [1.29, 1.82) is 0 Å². The van der Waals surface area contributed by atoms with E-state index in [0.717, 1.165) is 25.1 Å². The van der Waals surface area contributed by atoms with Crippen LogP contribution in [0.4, 0.5) is 0 Å². The molecule has 0 unspecified atom stereocenters. The first-order valence-electron chi connectivity index (χ1n) is 5.72. The molecule has 2 rings (SSSR count). The number of fused-ring (bicyclic) bond motifs is 1. The third-order valence-electron chi connectivity index (χ3n) is 2.97. The highest BCUT2D eigenvalue weighted by atomic mass is 14.9. The van der Waals surface area contributed by atoms with E-state index in [1.165, 1.54) is 36.2 Å². The maximum atomic E-state index is 4.63. The van der Waals surface area contributed by atoms with E-state index in [4.69, 9.17) is 0 Å². The summed E-state index contributed by atoms with van der Waals surface area (Å²) in [5.74, 6) is 1.03. The summed E-state index contributed by atoms with van der Waals surface area (Å²) in [6.45, 7) is 4.32. The highest BCUT2D eigenvalue weighted by molar-refractivity contribution is 5.28. The largest absolute Gasteiger partial charge is 0.238 e. The van der Waals surface area contributed by atoms with Crippen molar-refractivity contribution < 1.29 is 0 Å². The zero-order valence-electron chi connectivity index (χ0n) is 9.14. The Balaban J connectivity index is 2.47. The van der Waals surface area contributed by atoms with Crippen molar-refractivity contribution in [2.45, 2.75) is 52.4 Å². The van der Waals surface area contributed by atoms with Gasteiger partial charge in [-0.15, -0.1) is 0 Å². The van der Waals surface area contributed by atoms with Gasteiger partial charge < -0.3 is 0 Å². The van der Waals surface area contributed by atoms with Crippen LogP contribution in [-0.2, 0) is 25.7 Å². The van der Waals surface area contributed by atoms with Crippen molar-refractivity contribution in [3.63, 3.8) is 0 Å². The summed E-state index contributed by atoms with van der Waals surface area (Å²) in [6.07, 6.45) is 6.99. The van der Waals surface area contributed by atoms with Gasteiger partial charge in [0.1, 0.15) is 5.82 Å². The average Bonchev–Trinajstić information content (AvgIpc) is 2.27. The molecule has 1 heterocycles. The van der Waals surface area contributed by atoms with Gasteiger partial charge in [-0.05, 0) is 37.7 Å². The monoisotopic (exact) mass is 190 g/mol. The first-order chi connectivity index (χ1) is 6.85. The summed E-state index contributed by atoms with van der Waals surface area (Å²) in [5.41, 5.74) is 4.09. The fraction of sp³-hybridized carbons (Fsp3) is 0.667. The molecule has 1 aliphatic rings. The molecular weight excluding hydrogens is 172 g/mol. The second-order valence-electron chi connectivity index (χ2n) is 3.93. The number of aromatic nitrogens is 2. The molecule has 1 aliphatic carbocycles. The van der Waals surface area contributed by atoms with E-state index in [9.17, 15) is 0 Å². The molecule has 1 aromatic heterocycles. The molecule has 0 amide bonds. The maximum absolute atomic E-state index is 4.63. The Kier molecular flexibility index (Phi) is 2.80. The highest BCUT2D eigenvalue weighted by Gasteiger charge is 2.15. The van der Waals surface area contributed by atoms with E-state index in [0.29, 0.717) is 0 Å². The quantitative estimate of drug-likeness (QED) is 0.716. The van der Waals surface area contributed by atoms with Gasteiger partial charge >= 0.3 is 0 Å². The fourth-order valence-electron chi connectivity index (χ4n) is 2.18. The molecule has 0 atom stereocenters. The van der Waals surface area contributed by atoms with Crippen molar-refractivity contribution in [1.82, 2.24) is 9.97 Å². The minimum absolute atomic E-state index is 0.959. The molecule has 76 valence electrons. The predicted molar refractivity (Wildman–Crippen MR) is 57.4 cm³/mol. The Morgan fingerprint density at radius 1 is 1.00 bits per heavy atom. The fourth-order valence-corrected chi connectivity index (χ4v) is 2.18. The Morgan fingerprint density at radius 2 is 1.79 bits per heavy atom. The van der Waals surface area contributed by atoms with Crippen LogP contribution in [0.2, 0.25) is 0 Å². The first-order valence-corrected chi connectivity index (χ1v) is 5.72. The van der Waals surface area contributed by atoms with Gasteiger partial charge in [-0.3, -0.25) is 0 Å². The van der Waals surface area contributed by atoms with Gasteiger partial charge in [0, 0.05) is 17.8 Å². The lowest BCUT2D eigenvalue weighted by molar-refractivity contribution is 0.643. The van der Waals surface area contributed by atoms with Gasteiger partial charge in [-0.2, -0.15) is 0 Å². The second-order valence-corrected chi connectivity index (χ2v) is 3.93. The van der Waals surface area contributed by atoms with Crippen LogP contribution in [0, 0.1) is 0 Å². The highest BCUT2D eigenvalue weighted by Crippen LogP contribution is 2.22. The molecular formula is C12H18N2. The predicted octanol–water partition coefficient (Wildman–Crippen LogP) is 2.48. The standard InChI is InChI=1S/C12H18N2/c1-3-10-9-7-5-6-8-11(9)14-12(4-2)13-10/h3-8H2,1-2H3. The molecule has 2 heteroatoms. The lowest BCUT2D eigenvalue weighted by Crippen LogP contribution is -2.13. The summed E-state index contributed by atoms with van der Waals surface area (Å²) in [5, 5.41) is 0. The minimum atomic E-state index is 0.959. The van der Waals surface area contributed by atoms with E-state index in [1.807, 2.05) is 0 Å². The summed E-state index contributed by atoms with van der Waals surface area (Å²) >= 11 is 0. The van der Waals surface area contributed by atoms with Crippen molar-refractivity contribution in [3.8, 4) is 0 Å². The topological polar surface area (TPSA) is 25.8 Å². The Morgan fingerprint density at radius 3 is 2.50 bits per heavy atom. The molecule has 0 saturated heterocycles. The van der Waals surface area contributed by atoms with E-state index < -0.39 is 0 Å². The molecule has 1 aromatic rings. The lowest BCUT2D eigenvalue weighted by atomic mass is 9.94. The Labute approximate surface area is 85.8 Å². The number of hydrogen-bond donors (Lipinski definition) is 0. The zero-order chi connectivity index (χ0) is 9.97. The van der Waals surface area contributed by atoms with E-state index >= 15 is 0 Å². The molecule has 0 aromatic carbocycles. The average molecular weight is 190 g/mol. The maximum Gasteiger partial charge on any atom is 0.128 e. The number of aryl methyl sites for hydroxylation is 3. The zero-order valence-corrected chi connectivity index (χ0v) is 9.14. The van der Waals surface area contributed by atoms with Gasteiger partial charge in [-0.1, -0.05) is 13.8 Å². The van der Waals surface area contributed by atoms with Crippen molar-refractivity contribution in [2.75, 3.05) is 0 Å². The number of nitrogens with zero attached hydrogens (tertiary/aromatic N) is 2. The molecule has 0 bridgehead atoms. The smallest absolute Gasteiger partial charge is 0.128 e. The molecule has 14 heavy (non-hydrogen) atoms. The van der Waals surface area contributed by atoms with E-state index in [2.05, 4.69) is 23.8 Å². The van der Waals surface area contributed by atoms with Crippen LogP contribution < -0.4 is 0 Å². The van der Waals surface area contributed by atoms with Crippen LogP contribution in [0.15, 0.2) is 0 Å². The van der Waals surface area contributed by atoms with E-state index in [-0.39, 0.29) is 0 Å². The van der Waals surface area contributed by atoms with Crippen LogP contribution in [0.5, 0.6) is 0 Å². The van der Waals surface area contributed by atoms with Crippen LogP contribution in [0.25, 0.3) is 0 Å². The summed E-state index contributed by atoms with van der Waals surface area (Å²) in [6, 6.07) is 0. The van der Waals surface area contributed by atoms with Crippen molar-refractivity contribution >= 4 is 0 Å². The number of hydrogen-bond acceptors (Lipinski definition) is 2. The van der Waals surface area contributed by atoms with E-state index in [1.54, 1.807) is 0 Å². The third-order valence-corrected chi connectivity index (χ3v) is 2.97. The Bertz CT molecular complexity index is 314. The minimum Gasteiger partial charge on any atom is -0.238 e. The molecule has 2 nitrogen and oxygen atoms in total. The van der Waals surface area contributed by atoms with Gasteiger partial charge in [0.05, 0.1) is 0 Å². The molecule has 0 saturated carbocycles. The normalized spacial score (nSPS) is 15.3. The van der Waals surface area contributed by atoms with Crippen LogP contribution in [0.1, 0.15) is 49.5 Å². The number of rotatable bonds is 2. The SMILES string of the molecule is CCc1nc(CC)c2c(n1)CCCC2. The molecule has 0 N–H and O–H groups in total. The second kappa shape index (κ2) is 4.07. The Hall–Kier alpha value is -0.920. The first kappa shape index (κ1) is 9.63. The van der Waals surface area contributed by atoms with Crippen LogP contribution in [-0.4, -0.2) is 9.97 Å². The van der Waals surface area contributed by atoms with Crippen molar-refractivity contribution in [2.24, 2.45) is 0 Å². The lowest BCUT2D eigenvalue weighted by Gasteiger charge is -2.18. The van der Waals surface area contributed by atoms with Crippen LogP contribution >= 0.6 is 0 Å². The van der Waals surface area contributed by atoms with Gasteiger partial charge in [0.15, 0.2) is 0 Å². The molecule has 0 aliphatic heterocycles. The van der Waals surface area contributed by atoms with Crippen molar-refractivity contribution in [3.05, 3.63) is 22.8 Å².